The van der Waals surface area contributed by atoms with Crippen molar-refractivity contribution in [3.63, 3.8) is 0 Å². The molecule has 0 radical (unpaired) electrons. The number of esters is 1. The van der Waals surface area contributed by atoms with E-state index in [1.54, 1.807) is 0 Å². The van der Waals surface area contributed by atoms with Gasteiger partial charge in [-0.3, -0.25) is 4.79 Å². The molecule has 1 aliphatic carbocycles. The van der Waals surface area contributed by atoms with E-state index < -0.39 is 5.41 Å². The second-order valence-electron chi connectivity index (χ2n) is 11.3. The van der Waals surface area contributed by atoms with Gasteiger partial charge in [0.2, 0.25) is 0 Å². The van der Waals surface area contributed by atoms with Crippen LogP contribution in [0.25, 0.3) is 0 Å². The summed E-state index contributed by atoms with van der Waals surface area (Å²) in [5, 5.41) is 0. The zero-order valence-corrected chi connectivity index (χ0v) is 18.0. The number of hydrogen-bond acceptors (Lipinski definition) is 2. The first kappa shape index (κ1) is 21.5. The summed E-state index contributed by atoms with van der Waals surface area (Å²) < 4.78 is 6.12. The molecule has 1 fully saturated rings. The van der Waals surface area contributed by atoms with Crippen molar-refractivity contribution in [3.8, 4) is 0 Å². The van der Waals surface area contributed by atoms with Crippen molar-refractivity contribution in [3.05, 3.63) is 0 Å². The van der Waals surface area contributed by atoms with Crippen LogP contribution in [0.5, 0.6) is 0 Å². The lowest BCUT2D eigenvalue weighted by Crippen LogP contribution is -2.44. The van der Waals surface area contributed by atoms with Gasteiger partial charge in [0.25, 0.3) is 0 Å². The van der Waals surface area contributed by atoms with E-state index in [1.165, 1.54) is 6.42 Å². The summed E-state index contributed by atoms with van der Waals surface area (Å²) >= 11 is 0. The van der Waals surface area contributed by atoms with Gasteiger partial charge in [-0.05, 0) is 62.2 Å². The van der Waals surface area contributed by atoms with E-state index in [4.69, 9.17) is 4.74 Å². The Morgan fingerprint density at radius 3 is 1.92 bits per heavy atom. The molecule has 0 aromatic carbocycles. The first-order valence-corrected chi connectivity index (χ1v) is 9.85. The predicted molar refractivity (Wildman–Crippen MR) is 103 cm³/mol. The van der Waals surface area contributed by atoms with Gasteiger partial charge >= 0.3 is 5.97 Å². The van der Waals surface area contributed by atoms with Gasteiger partial charge < -0.3 is 4.74 Å². The van der Waals surface area contributed by atoms with E-state index in [-0.39, 0.29) is 17.5 Å². The lowest BCUT2D eigenvalue weighted by atomic mass is 9.62. The van der Waals surface area contributed by atoms with Crippen LogP contribution < -0.4 is 0 Å². The Labute approximate surface area is 151 Å². The highest BCUT2D eigenvalue weighted by atomic mass is 16.5. The molecule has 1 rings (SSSR count). The van der Waals surface area contributed by atoms with Gasteiger partial charge in [0.05, 0.1) is 5.41 Å². The number of rotatable bonds is 4. The number of carbonyl (C=O) groups excluding carboxylic acids is 1. The molecular formula is C22H42O2. The normalized spacial score (nSPS) is 26.5. The van der Waals surface area contributed by atoms with Crippen LogP contribution in [0.3, 0.4) is 0 Å². The summed E-state index contributed by atoms with van der Waals surface area (Å²) in [4.78, 5) is 12.8. The average Bonchev–Trinajstić information content (AvgIpc) is 2.34. The van der Waals surface area contributed by atoms with Crippen LogP contribution in [-0.2, 0) is 9.53 Å². The predicted octanol–water partition coefficient (Wildman–Crippen LogP) is 6.48. The molecule has 0 bridgehead atoms. The Morgan fingerprint density at radius 1 is 0.958 bits per heavy atom. The molecule has 0 spiro atoms. The van der Waals surface area contributed by atoms with Crippen molar-refractivity contribution in [1.82, 2.24) is 0 Å². The molecule has 0 aromatic heterocycles. The molecule has 0 saturated heterocycles. The minimum absolute atomic E-state index is 0.00958. The molecule has 0 aromatic rings. The number of carbonyl (C=O) groups is 1. The first-order chi connectivity index (χ1) is 10.6. The molecule has 24 heavy (non-hydrogen) atoms. The third-order valence-corrected chi connectivity index (χ3v) is 5.85. The molecule has 0 N–H and O–H groups in total. The van der Waals surface area contributed by atoms with Crippen molar-refractivity contribution in [2.24, 2.45) is 34.0 Å². The van der Waals surface area contributed by atoms with Crippen molar-refractivity contribution in [1.29, 1.82) is 0 Å². The van der Waals surface area contributed by atoms with E-state index in [0.717, 1.165) is 19.3 Å². The van der Waals surface area contributed by atoms with Gasteiger partial charge in [0.15, 0.2) is 0 Å². The molecule has 3 unspecified atom stereocenters. The molecule has 3 atom stereocenters. The summed E-state index contributed by atoms with van der Waals surface area (Å²) in [6.07, 6.45) is 4.29. The first-order valence-electron chi connectivity index (χ1n) is 9.85. The van der Waals surface area contributed by atoms with Gasteiger partial charge in [0, 0.05) is 5.92 Å². The lowest BCUT2D eigenvalue weighted by Gasteiger charge is -2.47. The largest absolute Gasteiger partial charge is 0.462 e. The van der Waals surface area contributed by atoms with Crippen molar-refractivity contribution < 1.29 is 9.53 Å². The zero-order chi connectivity index (χ0) is 18.9. The molecule has 2 nitrogen and oxygen atoms in total. The Kier molecular flexibility index (Phi) is 6.61. The fourth-order valence-corrected chi connectivity index (χ4v) is 4.38. The standard InChI is InChI=1S/C22H42O2/c1-15(2)14-22(9,10)19(23)24-18-12-11-16(20(3,4)5)13-17(18)21(6,7)8/h15-18H,11-14H2,1-10H3. The van der Waals surface area contributed by atoms with E-state index in [9.17, 15) is 4.79 Å². The number of ether oxygens (including phenoxy) is 1. The molecule has 142 valence electrons. The molecule has 2 heteroatoms. The SMILES string of the molecule is CC(C)CC(C)(C)C(=O)OC1CCC(C(C)(C)C)CC1C(C)(C)C. The fourth-order valence-electron chi connectivity index (χ4n) is 4.38. The Bertz CT molecular complexity index is 420. The van der Waals surface area contributed by atoms with Gasteiger partial charge in [-0.2, -0.15) is 0 Å². The highest BCUT2D eigenvalue weighted by molar-refractivity contribution is 5.76. The van der Waals surface area contributed by atoms with E-state index in [1.807, 2.05) is 13.8 Å². The summed E-state index contributed by atoms with van der Waals surface area (Å²) in [5.41, 5.74) is 0.101. The molecular weight excluding hydrogens is 296 g/mol. The maximum absolute atomic E-state index is 12.8. The van der Waals surface area contributed by atoms with Crippen LogP contribution in [0.15, 0.2) is 0 Å². The van der Waals surface area contributed by atoms with Crippen LogP contribution in [-0.4, -0.2) is 12.1 Å². The molecule has 1 aliphatic rings. The monoisotopic (exact) mass is 338 g/mol. The minimum Gasteiger partial charge on any atom is -0.462 e. The summed E-state index contributed by atoms with van der Waals surface area (Å²) in [7, 11) is 0. The van der Waals surface area contributed by atoms with Crippen molar-refractivity contribution in [2.45, 2.75) is 101 Å². The smallest absolute Gasteiger partial charge is 0.311 e. The Morgan fingerprint density at radius 2 is 1.50 bits per heavy atom. The second-order valence-corrected chi connectivity index (χ2v) is 11.3. The van der Waals surface area contributed by atoms with Crippen LogP contribution >= 0.6 is 0 Å². The molecule has 0 heterocycles. The maximum atomic E-state index is 12.8. The van der Waals surface area contributed by atoms with Crippen LogP contribution in [0.1, 0.15) is 94.9 Å². The van der Waals surface area contributed by atoms with E-state index in [0.29, 0.717) is 23.2 Å². The summed E-state index contributed by atoms with van der Waals surface area (Å²) in [6.45, 7) is 22.3. The van der Waals surface area contributed by atoms with Crippen LogP contribution in [0.2, 0.25) is 0 Å². The zero-order valence-electron chi connectivity index (χ0n) is 18.0. The van der Waals surface area contributed by atoms with Crippen LogP contribution in [0.4, 0.5) is 0 Å². The van der Waals surface area contributed by atoms with Gasteiger partial charge in [-0.1, -0.05) is 55.4 Å². The Hall–Kier alpha value is -0.530. The van der Waals surface area contributed by atoms with Crippen molar-refractivity contribution in [2.75, 3.05) is 0 Å². The van der Waals surface area contributed by atoms with Crippen LogP contribution in [0, 0.1) is 34.0 Å². The average molecular weight is 339 g/mol. The third kappa shape index (κ3) is 5.77. The quantitative estimate of drug-likeness (QED) is 0.548. The van der Waals surface area contributed by atoms with E-state index >= 15 is 0 Å². The highest BCUT2D eigenvalue weighted by Gasteiger charge is 2.44. The van der Waals surface area contributed by atoms with Crippen molar-refractivity contribution >= 4 is 5.97 Å². The van der Waals surface area contributed by atoms with Gasteiger partial charge in [-0.25, -0.2) is 0 Å². The topological polar surface area (TPSA) is 26.3 Å². The summed E-state index contributed by atoms with van der Waals surface area (Å²) in [6, 6.07) is 0. The fraction of sp³-hybridized carbons (Fsp3) is 0.955. The van der Waals surface area contributed by atoms with E-state index in [2.05, 4.69) is 55.4 Å². The second kappa shape index (κ2) is 7.38. The highest BCUT2D eigenvalue weighted by Crippen LogP contribution is 2.47. The van der Waals surface area contributed by atoms with Gasteiger partial charge in [-0.15, -0.1) is 0 Å². The van der Waals surface area contributed by atoms with Gasteiger partial charge in [0.1, 0.15) is 6.10 Å². The Balaban J connectivity index is 2.88. The number of hydrogen-bond donors (Lipinski definition) is 0. The molecule has 0 aliphatic heterocycles. The molecule has 1 saturated carbocycles. The summed E-state index contributed by atoms with van der Waals surface area (Å²) in [5.74, 6) is 1.64. The lowest BCUT2D eigenvalue weighted by molar-refractivity contribution is -0.170. The third-order valence-electron chi connectivity index (χ3n) is 5.85. The minimum atomic E-state index is -0.391. The molecule has 0 amide bonds. The maximum Gasteiger partial charge on any atom is 0.311 e.